The van der Waals surface area contributed by atoms with Crippen LogP contribution in [0.3, 0.4) is 0 Å². The quantitative estimate of drug-likeness (QED) is 0.599. The molecular formula is C12H21BrN2O2. The third kappa shape index (κ3) is 5.06. The number of alkyl halides is 1. The topological polar surface area (TPSA) is 49.4 Å². The lowest BCUT2D eigenvalue weighted by molar-refractivity contribution is -0.135. The fraction of sp³-hybridized carbons (Fsp3) is 0.833. The van der Waals surface area contributed by atoms with Gasteiger partial charge >= 0.3 is 0 Å². The second-order valence-corrected chi connectivity index (χ2v) is 5.26. The highest BCUT2D eigenvalue weighted by Gasteiger charge is 2.23. The average molecular weight is 305 g/mol. The molecule has 98 valence electrons. The summed E-state index contributed by atoms with van der Waals surface area (Å²) in [7, 11) is 0. The molecular weight excluding hydrogens is 284 g/mol. The zero-order chi connectivity index (χ0) is 12.7. The van der Waals surface area contributed by atoms with Crippen LogP contribution in [0.15, 0.2) is 0 Å². The van der Waals surface area contributed by atoms with Gasteiger partial charge in [0.1, 0.15) is 6.04 Å². The Morgan fingerprint density at radius 3 is 2.53 bits per heavy atom. The van der Waals surface area contributed by atoms with E-state index >= 15 is 0 Å². The monoisotopic (exact) mass is 304 g/mol. The van der Waals surface area contributed by atoms with E-state index in [1.807, 2.05) is 4.90 Å². The smallest absolute Gasteiger partial charge is 0.244 e. The Hall–Kier alpha value is -0.580. The van der Waals surface area contributed by atoms with Crippen molar-refractivity contribution in [1.29, 1.82) is 0 Å². The number of likely N-dealkylation sites (tertiary alicyclic amines) is 1. The van der Waals surface area contributed by atoms with Gasteiger partial charge in [0, 0.05) is 24.8 Å². The number of rotatable bonds is 6. The number of nitrogens with zero attached hydrogens (tertiary/aromatic N) is 1. The summed E-state index contributed by atoms with van der Waals surface area (Å²) in [5.74, 6) is 0.0299. The molecule has 0 bridgehead atoms. The van der Waals surface area contributed by atoms with Gasteiger partial charge in [0.05, 0.1) is 0 Å². The minimum absolute atomic E-state index is 0.0222. The summed E-state index contributed by atoms with van der Waals surface area (Å²) < 4.78 is 0. The van der Waals surface area contributed by atoms with E-state index in [1.54, 1.807) is 6.92 Å². The lowest BCUT2D eigenvalue weighted by Crippen LogP contribution is -2.45. The number of amides is 2. The Bertz CT molecular complexity index is 265. The predicted octanol–water partition coefficient (Wildman–Crippen LogP) is 1.68. The number of carbonyl (C=O) groups is 2. The van der Waals surface area contributed by atoms with Gasteiger partial charge in [0.25, 0.3) is 0 Å². The minimum atomic E-state index is -0.385. The summed E-state index contributed by atoms with van der Waals surface area (Å²) in [5.41, 5.74) is 0. The molecule has 0 radical (unpaired) electrons. The van der Waals surface area contributed by atoms with Crippen LogP contribution in [0.5, 0.6) is 0 Å². The van der Waals surface area contributed by atoms with Crippen molar-refractivity contribution in [3.8, 4) is 0 Å². The Balaban J connectivity index is 2.24. The largest absolute Gasteiger partial charge is 0.345 e. The third-order valence-corrected chi connectivity index (χ3v) is 3.51. The van der Waals surface area contributed by atoms with E-state index in [2.05, 4.69) is 21.2 Å². The Labute approximate surface area is 111 Å². The van der Waals surface area contributed by atoms with Crippen LogP contribution in [0.1, 0.15) is 39.0 Å². The fourth-order valence-corrected chi connectivity index (χ4v) is 2.36. The number of nitrogens with one attached hydrogen (secondary N) is 1. The van der Waals surface area contributed by atoms with Gasteiger partial charge in [-0.1, -0.05) is 15.9 Å². The number of unbranched alkanes of at least 4 members (excludes halogenated alkanes) is 1. The lowest BCUT2D eigenvalue weighted by atomic mass is 10.2. The molecule has 0 saturated carbocycles. The Morgan fingerprint density at radius 2 is 1.94 bits per heavy atom. The molecule has 4 nitrogen and oxygen atoms in total. The molecule has 1 aliphatic heterocycles. The molecule has 1 unspecified atom stereocenters. The minimum Gasteiger partial charge on any atom is -0.345 e. The molecule has 1 atom stereocenters. The van der Waals surface area contributed by atoms with Crippen molar-refractivity contribution in [2.24, 2.45) is 0 Å². The highest BCUT2D eigenvalue weighted by Crippen LogP contribution is 2.09. The molecule has 1 heterocycles. The summed E-state index contributed by atoms with van der Waals surface area (Å²) in [6.07, 6.45) is 4.52. The van der Waals surface area contributed by atoms with Crippen LogP contribution in [0.4, 0.5) is 0 Å². The lowest BCUT2D eigenvalue weighted by Gasteiger charge is -2.21. The van der Waals surface area contributed by atoms with Gasteiger partial charge in [0.2, 0.25) is 11.8 Å². The molecule has 1 aliphatic rings. The fourth-order valence-electron chi connectivity index (χ4n) is 1.97. The normalized spacial score (nSPS) is 16.9. The molecule has 0 aliphatic carbocycles. The maximum absolute atomic E-state index is 11.9. The number of halogens is 1. The van der Waals surface area contributed by atoms with E-state index in [-0.39, 0.29) is 17.9 Å². The van der Waals surface area contributed by atoms with Gasteiger partial charge in [-0.2, -0.15) is 0 Å². The van der Waals surface area contributed by atoms with Crippen molar-refractivity contribution in [2.75, 3.05) is 18.4 Å². The van der Waals surface area contributed by atoms with Gasteiger partial charge in [0.15, 0.2) is 0 Å². The van der Waals surface area contributed by atoms with E-state index in [0.29, 0.717) is 6.42 Å². The summed E-state index contributed by atoms with van der Waals surface area (Å²) in [4.78, 5) is 25.3. The highest BCUT2D eigenvalue weighted by atomic mass is 79.9. The first-order valence-corrected chi connectivity index (χ1v) is 7.41. The van der Waals surface area contributed by atoms with Crippen LogP contribution < -0.4 is 5.32 Å². The van der Waals surface area contributed by atoms with Crippen molar-refractivity contribution in [1.82, 2.24) is 10.2 Å². The number of carbonyl (C=O) groups excluding carboxylic acids is 2. The van der Waals surface area contributed by atoms with Crippen LogP contribution in [-0.4, -0.2) is 41.2 Å². The van der Waals surface area contributed by atoms with Gasteiger partial charge in [-0.05, 0) is 32.6 Å². The van der Waals surface area contributed by atoms with Crippen molar-refractivity contribution in [3.05, 3.63) is 0 Å². The summed E-state index contributed by atoms with van der Waals surface area (Å²) in [6, 6.07) is -0.385. The van der Waals surface area contributed by atoms with Crippen molar-refractivity contribution in [3.63, 3.8) is 0 Å². The summed E-state index contributed by atoms with van der Waals surface area (Å²) >= 11 is 3.33. The van der Waals surface area contributed by atoms with Gasteiger partial charge < -0.3 is 10.2 Å². The average Bonchev–Trinajstić information content (AvgIpc) is 2.81. The molecule has 1 saturated heterocycles. The van der Waals surface area contributed by atoms with E-state index in [4.69, 9.17) is 0 Å². The van der Waals surface area contributed by atoms with Crippen molar-refractivity contribution >= 4 is 27.7 Å². The molecule has 2 amide bonds. The maximum atomic E-state index is 11.9. The van der Waals surface area contributed by atoms with Crippen molar-refractivity contribution < 1.29 is 9.59 Å². The van der Waals surface area contributed by atoms with Crippen LogP contribution in [0.2, 0.25) is 0 Å². The van der Waals surface area contributed by atoms with E-state index in [9.17, 15) is 9.59 Å². The number of hydrogen-bond acceptors (Lipinski definition) is 2. The zero-order valence-corrected chi connectivity index (χ0v) is 12.0. The van der Waals surface area contributed by atoms with Gasteiger partial charge in [-0.25, -0.2) is 0 Å². The van der Waals surface area contributed by atoms with Crippen LogP contribution >= 0.6 is 15.9 Å². The standard InChI is InChI=1S/C12H21BrN2O2/c1-10(12(17)15-8-4-5-9-15)14-11(16)6-2-3-7-13/h10H,2-9H2,1H3,(H,14,16). The third-order valence-electron chi connectivity index (χ3n) is 2.95. The summed E-state index contributed by atoms with van der Waals surface area (Å²) in [6.45, 7) is 3.44. The molecule has 0 aromatic carbocycles. The van der Waals surface area contributed by atoms with E-state index < -0.39 is 0 Å². The molecule has 0 spiro atoms. The van der Waals surface area contributed by atoms with Gasteiger partial charge in [-0.3, -0.25) is 9.59 Å². The van der Waals surface area contributed by atoms with Gasteiger partial charge in [-0.15, -0.1) is 0 Å². The molecule has 1 N–H and O–H groups in total. The second kappa shape index (κ2) is 7.69. The first-order valence-electron chi connectivity index (χ1n) is 6.29. The van der Waals surface area contributed by atoms with Crippen LogP contribution in [0.25, 0.3) is 0 Å². The number of hydrogen-bond donors (Lipinski definition) is 1. The molecule has 1 fully saturated rings. The molecule has 17 heavy (non-hydrogen) atoms. The molecule has 1 rings (SSSR count). The SMILES string of the molecule is CC(NC(=O)CCCCBr)C(=O)N1CCCC1. The second-order valence-electron chi connectivity index (χ2n) is 4.47. The maximum Gasteiger partial charge on any atom is 0.244 e. The molecule has 0 aromatic rings. The Kier molecular flexibility index (Phi) is 6.55. The van der Waals surface area contributed by atoms with Crippen LogP contribution in [0, 0.1) is 0 Å². The van der Waals surface area contributed by atoms with Crippen LogP contribution in [-0.2, 0) is 9.59 Å². The molecule has 5 heteroatoms. The zero-order valence-electron chi connectivity index (χ0n) is 10.4. The van der Waals surface area contributed by atoms with E-state index in [0.717, 1.165) is 44.1 Å². The first kappa shape index (κ1) is 14.5. The predicted molar refractivity (Wildman–Crippen MR) is 71.1 cm³/mol. The highest BCUT2D eigenvalue weighted by molar-refractivity contribution is 9.09. The van der Waals surface area contributed by atoms with E-state index in [1.165, 1.54) is 0 Å². The Morgan fingerprint density at radius 1 is 1.29 bits per heavy atom. The molecule has 0 aromatic heterocycles. The first-order chi connectivity index (χ1) is 8.15. The summed E-state index contributed by atoms with van der Waals surface area (Å²) in [5, 5.41) is 3.69. The van der Waals surface area contributed by atoms with Crippen molar-refractivity contribution in [2.45, 2.75) is 45.1 Å².